The topological polar surface area (TPSA) is 112 Å². The maximum Gasteiger partial charge on any atom is 0.438 e. The van der Waals surface area contributed by atoms with E-state index in [9.17, 15) is 15.3 Å². The SMILES string of the molecule is O=[N+]([O-])c1nn(-c2ccccc2)n(O)c1=NCc1ccco1. The van der Waals surface area contributed by atoms with Crippen LogP contribution in [0.15, 0.2) is 58.1 Å². The highest BCUT2D eigenvalue weighted by Crippen LogP contribution is 2.08. The van der Waals surface area contributed by atoms with Crippen LogP contribution in [0.2, 0.25) is 0 Å². The number of rotatable bonds is 4. The highest BCUT2D eigenvalue weighted by molar-refractivity contribution is 5.29. The van der Waals surface area contributed by atoms with Crippen molar-refractivity contribution < 1.29 is 14.5 Å². The van der Waals surface area contributed by atoms with Crippen molar-refractivity contribution in [1.29, 1.82) is 0 Å². The number of aromatic nitrogens is 3. The van der Waals surface area contributed by atoms with E-state index in [1.807, 2.05) is 0 Å². The van der Waals surface area contributed by atoms with Gasteiger partial charge in [-0.1, -0.05) is 23.0 Å². The van der Waals surface area contributed by atoms with Crippen LogP contribution < -0.4 is 5.49 Å². The van der Waals surface area contributed by atoms with Crippen molar-refractivity contribution in [3.63, 3.8) is 0 Å². The zero-order valence-electron chi connectivity index (χ0n) is 11.2. The van der Waals surface area contributed by atoms with Gasteiger partial charge in [0.05, 0.1) is 17.9 Å². The molecule has 0 amide bonds. The summed E-state index contributed by atoms with van der Waals surface area (Å²) in [6.45, 7) is 0.0505. The molecule has 0 spiro atoms. The van der Waals surface area contributed by atoms with Gasteiger partial charge in [0.25, 0.3) is 5.49 Å². The first-order valence-corrected chi connectivity index (χ1v) is 6.31. The molecule has 0 aliphatic heterocycles. The van der Waals surface area contributed by atoms with Crippen molar-refractivity contribution in [1.82, 2.24) is 14.7 Å². The van der Waals surface area contributed by atoms with Gasteiger partial charge in [-0.2, -0.15) is 0 Å². The molecule has 3 rings (SSSR count). The average molecular weight is 301 g/mol. The summed E-state index contributed by atoms with van der Waals surface area (Å²) in [4.78, 5) is 15.9. The Bertz CT molecular complexity index is 848. The second kappa shape index (κ2) is 5.56. The molecular weight excluding hydrogens is 290 g/mol. The summed E-state index contributed by atoms with van der Waals surface area (Å²) in [5.41, 5.74) is 0.206. The molecule has 0 aliphatic carbocycles. The van der Waals surface area contributed by atoms with E-state index in [0.717, 1.165) is 4.80 Å². The second-order valence-electron chi connectivity index (χ2n) is 4.31. The Morgan fingerprint density at radius 2 is 2.05 bits per heavy atom. The van der Waals surface area contributed by atoms with Crippen LogP contribution in [-0.4, -0.2) is 24.9 Å². The van der Waals surface area contributed by atoms with Crippen LogP contribution in [0.4, 0.5) is 5.82 Å². The van der Waals surface area contributed by atoms with Crippen molar-refractivity contribution in [2.75, 3.05) is 0 Å². The molecule has 0 atom stereocenters. The molecule has 1 N–H and O–H groups in total. The minimum absolute atomic E-state index is 0.0505. The molecule has 0 bridgehead atoms. The fraction of sp³-hybridized carbons (Fsp3) is 0.0769. The number of para-hydroxylation sites is 1. The van der Waals surface area contributed by atoms with Gasteiger partial charge in [0.1, 0.15) is 11.4 Å². The van der Waals surface area contributed by atoms with Gasteiger partial charge in [0.15, 0.2) is 0 Å². The zero-order valence-corrected chi connectivity index (χ0v) is 11.2. The maximum absolute atomic E-state index is 11.1. The van der Waals surface area contributed by atoms with Gasteiger partial charge in [0.2, 0.25) is 0 Å². The van der Waals surface area contributed by atoms with Crippen molar-refractivity contribution in [3.05, 3.63) is 70.1 Å². The molecule has 0 radical (unpaired) electrons. The van der Waals surface area contributed by atoms with Crippen molar-refractivity contribution in [2.45, 2.75) is 6.54 Å². The van der Waals surface area contributed by atoms with Crippen LogP contribution in [0.25, 0.3) is 5.69 Å². The van der Waals surface area contributed by atoms with Crippen molar-refractivity contribution in [3.8, 4) is 5.69 Å². The van der Waals surface area contributed by atoms with Gasteiger partial charge in [-0.15, -0.1) is 0 Å². The molecule has 2 heterocycles. The lowest BCUT2D eigenvalue weighted by molar-refractivity contribution is -0.391. The minimum atomic E-state index is -0.701. The molecular formula is C13H11N5O4. The predicted molar refractivity (Wildman–Crippen MR) is 73.4 cm³/mol. The Balaban J connectivity index is 2.10. The van der Waals surface area contributed by atoms with Gasteiger partial charge < -0.3 is 19.7 Å². The maximum atomic E-state index is 11.1. The van der Waals surface area contributed by atoms with E-state index in [0.29, 0.717) is 16.3 Å². The van der Waals surface area contributed by atoms with Crippen LogP contribution in [-0.2, 0) is 6.54 Å². The highest BCUT2D eigenvalue weighted by atomic mass is 16.6. The summed E-state index contributed by atoms with van der Waals surface area (Å²) >= 11 is 0. The van der Waals surface area contributed by atoms with Gasteiger partial charge in [0, 0.05) is 0 Å². The third-order valence-corrected chi connectivity index (χ3v) is 2.88. The van der Waals surface area contributed by atoms with Gasteiger partial charge in [-0.05, 0) is 34.0 Å². The van der Waals surface area contributed by atoms with Gasteiger partial charge >= 0.3 is 5.82 Å². The molecule has 3 aromatic rings. The van der Waals surface area contributed by atoms with E-state index in [1.165, 1.54) is 6.26 Å². The first-order valence-electron chi connectivity index (χ1n) is 6.31. The van der Waals surface area contributed by atoms with Crippen LogP contribution in [0.5, 0.6) is 0 Å². The van der Waals surface area contributed by atoms with Gasteiger partial charge in [-0.3, -0.25) is 0 Å². The molecule has 1 aromatic carbocycles. The van der Waals surface area contributed by atoms with Gasteiger partial charge in [-0.25, -0.2) is 4.99 Å². The molecule has 112 valence electrons. The lowest BCUT2D eigenvalue weighted by Gasteiger charge is -1.98. The molecule has 0 aliphatic rings. The number of furan rings is 1. The summed E-state index contributed by atoms with van der Waals surface area (Å²) in [7, 11) is 0. The molecule has 0 fully saturated rings. The van der Waals surface area contributed by atoms with Crippen LogP contribution >= 0.6 is 0 Å². The lowest BCUT2D eigenvalue weighted by Crippen LogP contribution is -2.22. The zero-order chi connectivity index (χ0) is 15.5. The Hall–Kier alpha value is -3.36. The van der Waals surface area contributed by atoms with E-state index in [1.54, 1.807) is 42.5 Å². The van der Waals surface area contributed by atoms with E-state index < -0.39 is 10.7 Å². The first-order chi connectivity index (χ1) is 10.7. The van der Waals surface area contributed by atoms with Crippen LogP contribution in [0.1, 0.15) is 5.76 Å². The minimum Gasteiger partial charge on any atom is -0.467 e. The summed E-state index contributed by atoms with van der Waals surface area (Å²) in [6.07, 6.45) is 1.47. The van der Waals surface area contributed by atoms with Crippen molar-refractivity contribution >= 4 is 5.82 Å². The molecule has 22 heavy (non-hydrogen) atoms. The predicted octanol–water partition coefficient (Wildman–Crippen LogP) is 1.51. The molecule has 9 nitrogen and oxygen atoms in total. The summed E-state index contributed by atoms with van der Waals surface area (Å²) in [5, 5.41) is 25.0. The summed E-state index contributed by atoms with van der Waals surface area (Å²) in [5.74, 6) is -0.0281. The average Bonchev–Trinajstić information content (AvgIpc) is 3.14. The standard InChI is InChI=1S/C13H11N5O4/c19-17-12(14-9-11-7-4-8-22-11)13(18(20)21)15-16(17)10-5-2-1-3-6-10/h1-8,19H,9H2. The van der Waals surface area contributed by atoms with E-state index in [-0.39, 0.29) is 12.0 Å². The molecule has 9 heteroatoms. The molecule has 0 saturated heterocycles. The number of hydrogen-bond acceptors (Lipinski definition) is 6. The highest BCUT2D eigenvalue weighted by Gasteiger charge is 2.23. The Morgan fingerprint density at radius 3 is 2.68 bits per heavy atom. The van der Waals surface area contributed by atoms with E-state index in [4.69, 9.17) is 4.42 Å². The van der Waals surface area contributed by atoms with E-state index in [2.05, 4.69) is 10.1 Å². The summed E-state index contributed by atoms with van der Waals surface area (Å²) in [6, 6.07) is 11.9. The lowest BCUT2D eigenvalue weighted by atomic mass is 10.3. The quantitative estimate of drug-likeness (QED) is 0.446. The van der Waals surface area contributed by atoms with Crippen LogP contribution in [0.3, 0.4) is 0 Å². The van der Waals surface area contributed by atoms with Crippen molar-refractivity contribution in [2.24, 2.45) is 4.99 Å². The largest absolute Gasteiger partial charge is 0.467 e. The molecule has 2 aromatic heterocycles. The number of nitro groups is 1. The number of benzene rings is 1. The Kier molecular flexibility index (Phi) is 3.44. The Labute approximate surface area is 123 Å². The summed E-state index contributed by atoms with van der Waals surface area (Å²) < 4.78 is 5.11. The molecule has 0 unspecified atom stereocenters. The normalized spacial score (nSPS) is 11.7. The number of nitrogens with zero attached hydrogens (tertiary/aromatic N) is 5. The Morgan fingerprint density at radius 1 is 1.27 bits per heavy atom. The number of hydrogen-bond donors (Lipinski definition) is 1. The third-order valence-electron chi connectivity index (χ3n) is 2.88. The van der Waals surface area contributed by atoms with E-state index >= 15 is 0 Å². The fourth-order valence-corrected chi connectivity index (χ4v) is 1.89. The monoisotopic (exact) mass is 301 g/mol. The smallest absolute Gasteiger partial charge is 0.438 e. The molecule has 0 saturated carbocycles. The van der Waals surface area contributed by atoms with Crippen LogP contribution in [0, 0.1) is 10.1 Å². The second-order valence-corrected chi connectivity index (χ2v) is 4.31. The first kappa shape index (κ1) is 13.6. The fourth-order valence-electron chi connectivity index (χ4n) is 1.89. The third kappa shape index (κ3) is 2.46.